The summed E-state index contributed by atoms with van der Waals surface area (Å²) in [6.07, 6.45) is 4.74. The molecule has 136 valence electrons. The Bertz CT molecular complexity index is 691. The molecule has 3 rings (SSSR count). The Hall–Kier alpha value is -1.48. The standard InChI is InChI=1S/C17H23ClN6.HI/c1-22-13-14(12-21-22)6-7-20-17(19)24-10-8-23(9-11-24)16-4-2-15(18)3-5-16;/h2-5,12-13H,6-11H2,1H3,(H2,19,20);1H. The monoisotopic (exact) mass is 474 g/mol. The molecule has 25 heavy (non-hydrogen) atoms. The number of hydrogen-bond acceptors (Lipinski definition) is 3. The Balaban J connectivity index is 0.00000225. The van der Waals surface area contributed by atoms with E-state index in [1.165, 1.54) is 11.3 Å². The van der Waals surface area contributed by atoms with E-state index in [1.54, 1.807) is 4.68 Å². The van der Waals surface area contributed by atoms with Crippen LogP contribution in [-0.4, -0.2) is 53.4 Å². The number of aliphatic imine (C=N–C) groups is 1. The van der Waals surface area contributed by atoms with Crippen molar-refractivity contribution < 1.29 is 0 Å². The molecule has 6 nitrogen and oxygen atoms in total. The molecule has 0 aliphatic carbocycles. The lowest BCUT2D eigenvalue weighted by atomic mass is 10.2. The van der Waals surface area contributed by atoms with Gasteiger partial charge in [-0.1, -0.05) is 11.6 Å². The highest BCUT2D eigenvalue weighted by Gasteiger charge is 2.18. The average Bonchev–Trinajstić information content (AvgIpc) is 3.01. The Morgan fingerprint density at radius 3 is 2.48 bits per heavy atom. The van der Waals surface area contributed by atoms with E-state index in [2.05, 4.69) is 32.0 Å². The third-order valence-corrected chi connectivity index (χ3v) is 4.48. The molecule has 0 bridgehead atoms. The maximum atomic E-state index is 6.14. The summed E-state index contributed by atoms with van der Waals surface area (Å²) in [4.78, 5) is 9.00. The molecule has 1 saturated heterocycles. The van der Waals surface area contributed by atoms with Crippen molar-refractivity contribution in [2.45, 2.75) is 6.42 Å². The number of nitrogens with zero attached hydrogens (tertiary/aromatic N) is 5. The predicted octanol–water partition coefficient (Wildman–Crippen LogP) is 2.37. The Morgan fingerprint density at radius 1 is 1.20 bits per heavy atom. The Labute approximate surface area is 170 Å². The SMILES string of the molecule is Cn1cc(CCN=C(N)N2CCN(c3ccc(Cl)cc3)CC2)cn1.I. The molecule has 0 amide bonds. The zero-order valence-electron chi connectivity index (χ0n) is 14.3. The minimum Gasteiger partial charge on any atom is -0.370 e. The van der Waals surface area contributed by atoms with E-state index in [0.29, 0.717) is 12.5 Å². The van der Waals surface area contributed by atoms with Crippen LogP contribution in [0.4, 0.5) is 5.69 Å². The van der Waals surface area contributed by atoms with Gasteiger partial charge >= 0.3 is 0 Å². The van der Waals surface area contributed by atoms with Crippen LogP contribution in [0.15, 0.2) is 41.7 Å². The summed E-state index contributed by atoms with van der Waals surface area (Å²) in [5.74, 6) is 0.634. The first-order chi connectivity index (χ1) is 11.6. The van der Waals surface area contributed by atoms with Crippen LogP contribution >= 0.6 is 35.6 Å². The summed E-state index contributed by atoms with van der Waals surface area (Å²) in [5, 5.41) is 4.93. The summed E-state index contributed by atoms with van der Waals surface area (Å²) >= 11 is 5.95. The molecule has 0 unspecified atom stereocenters. The number of nitrogens with two attached hydrogens (primary N) is 1. The van der Waals surface area contributed by atoms with Crippen molar-refractivity contribution in [3.8, 4) is 0 Å². The molecule has 0 spiro atoms. The van der Waals surface area contributed by atoms with Gasteiger partial charge in [-0.05, 0) is 36.2 Å². The fourth-order valence-corrected chi connectivity index (χ4v) is 2.97. The number of aryl methyl sites for hydroxylation is 1. The lowest BCUT2D eigenvalue weighted by molar-refractivity contribution is 0.381. The number of anilines is 1. The molecular formula is C17H24ClIN6. The summed E-state index contributed by atoms with van der Waals surface area (Å²) in [5.41, 5.74) is 8.52. The second-order valence-corrected chi connectivity index (χ2v) is 6.40. The van der Waals surface area contributed by atoms with Gasteiger partial charge in [0, 0.05) is 56.7 Å². The second-order valence-electron chi connectivity index (χ2n) is 5.96. The maximum absolute atomic E-state index is 6.14. The molecule has 0 saturated carbocycles. The molecular weight excluding hydrogens is 451 g/mol. The smallest absolute Gasteiger partial charge is 0.191 e. The van der Waals surface area contributed by atoms with E-state index in [0.717, 1.165) is 37.6 Å². The van der Waals surface area contributed by atoms with Gasteiger partial charge in [0.15, 0.2) is 5.96 Å². The summed E-state index contributed by atoms with van der Waals surface area (Å²) in [6, 6.07) is 7.97. The van der Waals surface area contributed by atoms with Crippen molar-refractivity contribution >= 4 is 47.2 Å². The highest BCUT2D eigenvalue weighted by Crippen LogP contribution is 2.19. The second kappa shape index (κ2) is 9.28. The van der Waals surface area contributed by atoms with E-state index in [9.17, 15) is 0 Å². The lowest BCUT2D eigenvalue weighted by Crippen LogP contribution is -2.51. The third-order valence-electron chi connectivity index (χ3n) is 4.23. The fourth-order valence-electron chi connectivity index (χ4n) is 2.85. The van der Waals surface area contributed by atoms with Crippen LogP contribution in [0.3, 0.4) is 0 Å². The van der Waals surface area contributed by atoms with Gasteiger partial charge in [0.05, 0.1) is 6.20 Å². The minimum absolute atomic E-state index is 0. The van der Waals surface area contributed by atoms with Gasteiger partial charge in [0.1, 0.15) is 0 Å². The molecule has 2 N–H and O–H groups in total. The topological polar surface area (TPSA) is 62.7 Å². The zero-order valence-corrected chi connectivity index (χ0v) is 17.4. The van der Waals surface area contributed by atoms with Crippen molar-refractivity contribution in [3.05, 3.63) is 47.2 Å². The van der Waals surface area contributed by atoms with Gasteiger partial charge < -0.3 is 15.5 Å². The van der Waals surface area contributed by atoms with Gasteiger partial charge in [-0.15, -0.1) is 24.0 Å². The largest absolute Gasteiger partial charge is 0.370 e. The molecule has 0 radical (unpaired) electrons. The Kier molecular flexibility index (Phi) is 7.37. The van der Waals surface area contributed by atoms with E-state index < -0.39 is 0 Å². The van der Waals surface area contributed by atoms with Gasteiger partial charge in [0.2, 0.25) is 0 Å². The normalized spacial score (nSPS) is 15.2. The quantitative estimate of drug-likeness (QED) is 0.420. The van der Waals surface area contributed by atoms with Crippen molar-refractivity contribution in [2.24, 2.45) is 17.8 Å². The molecule has 1 fully saturated rings. The van der Waals surface area contributed by atoms with Crippen molar-refractivity contribution in [1.29, 1.82) is 0 Å². The van der Waals surface area contributed by atoms with Gasteiger partial charge in [-0.25, -0.2) is 0 Å². The molecule has 2 aromatic rings. The molecule has 8 heteroatoms. The van der Waals surface area contributed by atoms with E-state index in [4.69, 9.17) is 17.3 Å². The number of aromatic nitrogens is 2. The van der Waals surface area contributed by atoms with Crippen LogP contribution < -0.4 is 10.6 Å². The highest BCUT2D eigenvalue weighted by atomic mass is 127. The van der Waals surface area contributed by atoms with Gasteiger partial charge in [-0.3, -0.25) is 9.67 Å². The summed E-state index contributed by atoms with van der Waals surface area (Å²) < 4.78 is 1.80. The maximum Gasteiger partial charge on any atom is 0.191 e. The molecule has 1 aromatic carbocycles. The lowest BCUT2D eigenvalue weighted by Gasteiger charge is -2.36. The number of benzene rings is 1. The molecule has 1 aromatic heterocycles. The van der Waals surface area contributed by atoms with Crippen LogP contribution in [-0.2, 0) is 13.5 Å². The van der Waals surface area contributed by atoms with Crippen LogP contribution in [0, 0.1) is 0 Å². The fraction of sp³-hybridized carbons (Fsp3) is 0.412. The molecule has 0 atom stereocenters. The van der Waals surface area contributed by atoms with Crippen molar-refractivity contribution in [3.63, 3.8) is 0 Å². The molecule has 2 heterocycles. The van der Waals surface area contributed by atoms with E-state index in [1.807, 2.05) is 31.6 Å². The zero-order chi connectivity index (χ0) is 16.9. The third kappa shape index (κ3) is 5.50. The first-order valence-electron chi connectivity index (χ1n) is 8.15. The van der Waals surface area contributed by atoms with Crippen LogP contribution in [0.1, 0.15) is 5.56 Å². The van der Waals surface area contributed by atoms with Crippen LogP contribution in [0.5, 0.6) is 0 Å². The van der Waals surface area contributed by atoms with E-state index >= 15 is 0 Å². The number of piperazine rings is 1. The molecule has 1 aliphatic heterocycles. The highest BCUT2D eigenvalue weighted by molar-refractivity contribution is 14.0. The molecule has 1 aliphatic rings. The number of rotatable bonds is 4. The number of halogens is 2. The minimum atomic E-state index is 0. The number of guanidine groups is 1. The number of hydrogen-bond donors (Lipinski definition) is 1. The van der Waals surface area contributed by atoms with Crippen molar-refractivity contribution in [1.82, 2.24) is 14.7 Å². The van der Waals surface area contributed by atoms with Crippen LogP contribution in [0.25, 0.3) is 0 Å². The first kappa shape index (κ1) is 19.8. The predicted molar refractivity (Wildman–Crippen MR) is 114 cm³/mol. The van der Waals surface area contributed by atoms with Crippen molar-refractivity contribution in [2.75, 3.05) is 37.6 Å². The summed E-state index contributed by atoms with van der Waals surface area (Å²) in [6.45, 7) is 4.31. The van der Waals surface area contributed by atoms with Gasteiger partial charge in [-0.2, -0.15) is 5.10 Å². The van der Waals surface area contributed by atoms with Gasteiger partial charge in [0.25, 0.3) is 0 Å². The first-order valence-corrected chi connectivity index (χ1v) is 8.52. The van der Waals surface area contributed by atoms with Crippen LogP contribution in [0.2, 0.25) is 5.02 Å². The Morgan fingerprint density at radius 2 is 1.88 bits per heavy atom. The van der Waals surface area contributed by atoms with E-state index in [-0.39, 0.29) is 24.0 Å². The summed E-state index contributed by atoms with van der Waals surface area (Å²) in [7, 11) is 1.92. The average molecular weight is 475 g/mol.